The summed E-state index contributed by atoms with van der Waals surface area (Å²) in [7, 11) is 0. The standard InChI is InChI=1S/C15H11ClN2O2/c1-9-8-11(16)14(10-4-2-6-17-13(9)10)18-15(19)12-5-3-7-20-12/h2-8H,1H3,(H,18,19). The third-order valence-corrected chi connectivity index (χ3v) is 3.31. The number of aryl methyl sites for hydroxylation is 1. The van der Waals surface area contributed by atoms with Gasteiger partial charge >= 0.3 is 0 Å². The maximum atomic E-state index is 12.1. The van der Waals surface area contributed by atoms with Crippen LogP contribution in [-0.2, 0) is 0 Å². The Morgan fingerprint density at radius 1 is 1.35 bits per heavy atom. The van der Waals surface area contributed by atoms with Gasteiger partial charge < -0.3 is 9.73 Å². The highest BCUT2D eigenvalue weighted by atomic mass is 35.5. The maximum Gasteiger partial charge on any atom is 0.291 e. The molecule has 1 amide bonds. The van der Waals surface area contributed by atoms with Crippen molar-refractivity contribution >= 4 is 34.1 Å². The molecule has 2 heterocycles. The van der Waals surface area contributed by atoms with Crippen LogP contribution in [-0.4, -0.2) is 10.9 Å². The lowest BCUT2D eigenvalue weighted by molar-refractivity contribution is 0.0997. The first kappa shape index (κ1) is 12.7. The lowest BCUT2D eigenvalue weighted by atomic mass is 10.1. The first-order valence-electron chi connectivity index (χ1n) is 6.05. The molecule has 5 heteroatoms. The third kappa shape index (κ3) is 2.14. The molecule has 0 spiro atoms. The summed E-state index contributed by atoms with van der Waals surface area (Å²) in [6.07, 6.45) is 3.16. The maximum absolute atomic E-state index is 12.1. The summed E-state index contributed by atoms with van der Waals surface area (Å²) in [5.74, 6) is -0.107. The van der Waals surface area contributed by atoms with Crippen LogP contribution in [0.4, 0.5) is 5.69 Å². The van der Waals surface area contributed by atoms with Gasteiger partial charge in [-0.05, 0) is 42.8 Å². The molecule has 0 saturated carbocycles. The summed E-state index contributed by atoms with van der Waals surface area (Å²) in [6.45, 7) is 1.93. The summed E-state index contributed by atoms with van der Waals surface area (Å²) in [5.41, 5.74) is 2.31. The van der Waals surface area contributed by atoms with E-state index >= 15 is 0 Å². The van der Waals surface area contributed by atoms with Crippen molar-refractivity contribution in [3.05, 3.63) is 59.1 Å². The van der Waals surface area contributed by atoms with E-state index in [2.05, 4.69) is 10.3 Å². The number of anilines is 1. The van der Waals surface area contributed by atoms with Gasteiger partial charge in [-0.15, -0.1) is 0 Å². The van der Waals surface area contributed by atoms with E-state index < -0.39 is 0 Å². The zero-order chi connectivity index (χ0) is 14.1. The molecule has 1 N–H and O–H groups in total. The van der Waals surface area contributed by atoms with Gasteiger partial charge in [0.2, 0.25) is 0 Å². The Balaban J connectivity index is 2.10. The van der Waals surface area contributed by atoms with Crippen LogP contribution in [0.3, 0.4) is 0 Å². The number of benzene rings is 1. The van der Waals surface area contributed by atoms with E-state index in [4.69, 9.17) is 16.0 Å². The Bertz CT molecular complexity index is 782. The highest BCUT2D eigenvalue weighted by Crippen LogP contribution is 2.32. The molecule has 0 unspecified atom stereocenters. The van der Waals surface area contributed by atoms with E-state index in [-0.39, 0.29) is 11.7 Å². The molecule has 0 atom stereocenters. The van der Waals surface area contributed by atoms with E-state index in [9.17, 15) is 4.79 Å². The predicted octanol–water partition coefficient (Wildman–Crippen LogP) is 4.04. The van der Waals surface area contributed by atoms with Gasteiger partial charge in [0.05, 0.1) is 22.5 Å². The van der Waals surface area contributed by atoms with Gasteiger partial charge in [-0.3, -0.25) is 9.78 Å². The molecule has 20 heavy (non-hydrogen) atoms. The second kappa shape index (κ2) is 4.98. The summed E-state index contributed by atoms with van der Waals surface area (Å²) < 4.78 is 5.07. The molecule has 3 aromatic rings. The number of amides is 1. The fourth-order valence-electron chi connectivity index (χ4n) is 2.09. The zero-order valence-electron chi connectivity index (χ0n) is 10.7. The van der Waals surface area contributed by atoms with Gasteiger partial charge in [0.1, 0.15) is 0 Å². The summed E-state index contributed by atoms with van der Waals surface area (Å²) in [6, 6.07) is 8.72. The van der Waals surface area contributed by atoms with Gasteiger partial charge in [0.25, 0.3) is 5.91 Å². The van der Waals surface area contributed by atoms with E-state index in [0.717, 1.165) is 16.5 Å². The molecule has 0 aliphatic rings. The molecule has 4 nitrogen and oxygen atoms in total. The fraction of sp³-hybridized carbons (Fsp3) is 0.0667. The average molecular weight is 287 g/mol. The van der Waals surface area contributed by atoms with Crippen molar-refractivity contribution in [3.8, 4) is 0 Å². The molecular weight excluding hydrogens is 276 g/mol. The van der Waals surface area contributed by atoms with Crippen LogP contribution >= 0.6 is 11.6 Å². The van der Waals surface area contributed by atoms with Crippen LogP contribution in [0.15, 0.2) is 47.2 Å². The van der Waals surface area contributed by atoms with Crippen molar-refractivity contribution < 1.29 is 9.21 Å². The minimum Gasteiger partial charge on any atom is -0.459 e. The van der Waals surface area contributed by atoms with Gasteiger partial charge in [0.15, 0.2) is 5.76 Å². The third-order valence-electron chi connectivity index (χ3n) is 3.02. The number of nitrogens with zero attached hydrogens (tertiary/aromatic N) is 1. The Morgan fingerprint density at radius 2 is 2.20 bits per heavy atom. The minimum atomic E-state index is -0.342. The Labute approximate surface area is 120 Å². The molecule has 0 radical (unpaired) electrons. The predicted molar refractivity (Wildman–Crippen MR) is 78.2 cm³/mol. The molecule has 2 aromatic heterocycles. The lowest BCUT2D eigenvalue weighted by Crippen LogP contribution is -2.11. The molecule has 1 aromatic carbocycles. The lowest BCUT2D eigenvalue weighted by Gasteiger charge is -2.11. The van der Waals surface area contributed by atoms with Crippen LogP contribution in [0.25, 0.3) is 10.9 Å². The Hall–Kier alpha value is -2.33. The summed E-state index contributed by atoms with van der Waals surface area (Å²) in [4.78, 5) is 16.4. The minimum absolute atomic E-state index is 0.235. The van der Waals surface area contributed by atoms with Gasteiger partial charge in [-0.25, -0.2) is 0 Å². The van der Waals surface area contributed by atoms with Crippen molar-refractivity contribution in [1.82, 2.24) is 4.98 Å². The number of rotatable bonds is 2. The number of furan rings is 1. The van der Waals surface area contributed by atoms with E-state index in [1.54, 1.807) is 30.5 Å². The average Bonchev–Trinajstić information content (AvgIpc) is 2.97. The summed E-state index contributed by atoms with van der Waals surface area (Å²) >= 11 is 6.24. The number of carbonyl (C=O) groups is 1. The quantitative estimate of drug-likeness (QED) is 0.773. The number of hydrogen-bond acceptors (Lipinski definition) is 3. The normalized spacial score (nSPS) is 10.7. The van der Waals surface area contributed by atoms with Crippen molar-refractivity contribution in [3.63, 3.8) is 0 Å². The second-order valence-corrected chi connectivity index (χ2v) is 4.79. The van der Waals surface area contributed by atoms with E-state index in [1.165, 1.54) is 6.26 Å². The molecular formula is C15H11ClN2O2. The number of carbonyl (C=O) groups excluding carboxylic acids is 1. The monoisotopic (exact) mass is 286 g/mol. The molecule has 0 fully saturated rings. The van der Waals surface area contributed by atoms with Crippen molar-refractivity contribution in [2.45, 2.75) is 6.92 Å². The number of fused-ring (bicyclic) bond motifs is 1. The molecule has 0 aliphatic heterocycles. The van der Waals surface area contributed by atoms with Crippen molar-refractivity contribution in [2.24, 2.45) is 0 Å². The largest absolute Gasteiger partial charge is 0.459 e. The second-order valence-electron chi connectivity index (χ2n) is 4.38. The molecule has 0 aliphatic carbocycles. The number of nitrogens with one attached hydrogen (secondary N) is 1. The van der Waals surface area contributed by atoms with Crippen LogP contribution in [0.5, 0.6) is 0 Å². The van der Waals surface area contributed by atoms with Crippen LogP contribution < -0.4 is 5.32 Å². The Kier molecular flexibility index (Phi) is 3.16. The molecule has 0 saturated heterocycles. The van der Waals surface area contributed by atoms with Crippen LogP contribution in [0.2, 0.25) is 5.02 Å². The zero-order valence-corrected chi connectivity index (χ0v) is 11.4. The SMILES string of the molecule is Cc1cc(Cl)c(NC(=O)c2ccco2)c2cccnc12. The molecule has 3 rings (SSSR count). The van der Waals surface area contributed by atoms with Crippen LogP contribution in [0, 0.1) is 6.92 Å². The Morgan fingerprint density at radius 3 is 2.95 bits per heavy atom. The smallest absolute Gasteiger partial charge is 0.291 e. The van der Waals surface area contributed by atoms with E-state index in [1.807, 2.05) is 13.0 Å². The van der Waals surface area contributed by atoms with E-state index in [0.29, 0.717) is 10.7 Å². The molecule has 0 bridgehead atoms. The van der Waals surface area contributed by atoms with Gasteiger partial charge in [0, 0.05) is 11.6 Å². The summed E-state index contributed by atoms with van der Waals surface area (Å²) in [5, 5.41) is 4.06. The highest BCUT2D eigenvalue weighted by Gasteiger charge is 2.15. The topological polar surface area (TPSA) is 55.1 Å². The van der Waals surface area contributed by atoms with Crippen molar-refractivity contribution in [1.29, 1.82) is 0 Å². The molecule has 100 valence electrons. The number of aromatic nitrogens is 1. The van der Waals surface area contributed by atoms with Crippen LogP contribution in [0.1, 0.15) is 16.1 Å². The number of hydrogen-bond donors (Lipinski definition) is 1. The fourth-order valence-corrected chi connectivity index (χ4v) is 2.40. The first-order valence-corrected chi connectivity index (χ1v) is 6.43. The first-order chi connectivity index (χ1) is 9.66. The van der Waals surface area contributed by atoms with Crippen molar-refractivity contribution in [2.75, 3.05) is 5.32 Å². The number of pyridine rings is 1. The van der Waals surface area contributed by atoms with Gasteiger partial charge in [-0.2, -0.15) is 0 Å². The highest BCUT2D eigenvalue weighted by molar-refractivity contribution is 6.36. The van der Waals surface area contributed by atoms with Gasteiger partial charge in [-0.1, -0.05) is 11.6 Å². The number of halogens is 1.